The second-order valence-corrected chi connectivity index (χ2v) is 10.2. The van der Waals surface area contributed by atoms with Crippen molar-refractivity contribution in [2.75, 3.05) is 6.54 Å². The lowest BCUT2D eigenvalue weighted by Crippen LogP contribution is -2.59. The minimum Gasteiger partial charge on any atom is -0.381 e. The Morgan fingerprint density at radius 1 is 1.17 bits per heavy atom. The van der Waals surface area contributed by atoms with Crippen LogP contribution in [0.3, 0.4) is 0 Å². The molecule has 8 nitrogen and oxygen atoms in total. The summed E-state index contributed by atoms with van der Waals surface area (Å²) in [6, 6.07) is -2.13. The second kappa shape index (κ2) is 9.00. The van der Waals surface area contributed by atoms with Crippen LogP contribution in [0.2, 0.25) is 0 Å². The number of aliphatic hydroxyl groups is 1. The number of hydrogen-bond donors (Lipinski definition) is 4. The molecule has 2 aliphatic rings. The van der Waals surface area contributed by atoms with Gasteiger partial charge in [-0.15, -0.1) is 0 Å². The average molecular weight is 411 g/mol. The maximum Gasteiger partial charge on any atom is 0.248 e. The van der Waals surface area contributed by atoms with Crippen molar-refractivity contribution in [1.29, 1.82) is 0 Å². The minimum absolute atomic E-state index is 0.0154. The third-order valence-electron chi connectivity index (χ3n) is 6.34. The number of carbonyl (C=O) groups excluding carboxylic acids is 3. The van der Waals surface area contributed by atoms with Gasteiger partial charge in [-0.05, 0) is 36.0 Å². The molecule has 0 aromatic rings. The number of aliphatic hydroxyl groups excluding tert-OH is 1. The van der Waals surface area contributed by atoms with Gasteiger partial charge in [-0.25, -0.2) is 0 Å². The van der Waals surface area contributed by atoms with Crippen LogP contribution in [-0.4, -0.2) is 58.5 Å². The maximum absolute atomic E-state index is 13.3. The van der Waals surface area contributed by atoms with Crippen LogP contribution in [0.4, 0.5) is 0 Å². The lowest BCUT2D eigenvalue weighted by molar-refractivity contribution is -0.143. The van der Waals surface area contributed by atoms with E-state index in [9.17, 15) is 19.5 Å². The molecule has 166 valence electrons. The van der Waals surface area contributed by atoms with Crippen LogP contribution in [0.15, 0.2) is 0 Å². The molecule has 29 heavy (non-hydrogen) atoms. The number of rotatable bonds is 8. The molecule has 1 saturated heterocycles. The van der Waals surface area contributed by atoms with Gasteiger partial charge in [0, 0.05) is 6.54 Å². The molecule has 5 atom stereocenters. The fourth-order valence-electron chi connectivity index (χ4n) is 4.09. The van der Waals surface area contributed by atoms with E-state index in [1.807, 2.05) is 34.6 Å². The minimum atomic E-state index is -1.44. The Balaban J connectivity index is 2.22. The highest BCUT2D eigenvalue weighted by Gasteiger charge is 2.46. The number of nitrogens with zero attached hydrogens (tertiary/aromatic N) is 1. The Morgan fingerprint density at radius 2 is 1.76 bits per heavy atom. The molecule has 0 radical (unpaired) electrons. The van der Waals surface area contributed by atoms with E-state index in [0.717, 1.165) is 12.8 Å². The van der Waals surface area contributed by atoms with Gasteiger partial charge in [0.1, 0.15) is 6.04 Å². The van der Waals surface area contributed by atoms with Crippen molar-refractivity contribution < 1.29 is 19.5 Å². The summed E-state index contributed by atoms with van der Waals surface area (Å²) < 4.78 is 0. The molecule has 8 heteroatoms. The topological polar surface area (TPSA) is 139 Å². The van der Waals surface area contributed by atoms with E-state index in [1.165, 1.54) is 0 Å². The molecule has 1 saturated carbocycles. The van der Waals surface area contributed by atoms with Crippen LogP contribution in [0.5, 0.6) is 0 Å². The van der Waals surface area contributed by atoms with E-state index in [2.05, 4.69) is 5.32 Å². The summed E-state index contributed by atoms with van der Waals surface area (Å²) in [5, 5.41) is 13.0. The van der Waals surface area contributed by atoms with Crippen LogP contribution in [0.25, 0.3) is 0 Å². The molecule has 0 spiro atoms. The van der Waals surface area contributed by atoms with E-state index in [0.29, 0.717) is 25.3 Å². The fraction of sp³-hybridized carbons (Fsp3) is 0.857. The summed E-state index contributed by atoms with van der Waals surface area (Å²) in [5.74, 6) is -0.885. The highest BCUT2D eigenvalue weighted by Crippen LogP contribution is 2.35. The van der Waals surface area contributed by atoms with Crippen LogP contribution in [0.1, 0.15) is 60.3 Å². The smallest absolute Gasteiger partial charge is 0.248 e. The van der Waals surface area contributed by atoms with Crippen molar-refractivity contribution in [3.63, 3.8) is 0 Å². The quantitative estimate of drug-likeness (QED) is 0.458. The molecule has 3 amide bonds. The maximum atomic E-state index is 13.3. The highest BCUT2D eigenvalue weighted by atomic mass is 16.3. The number of nitrogens with one attached hydrogen (secondary N) is 1. The van der Waals surface area contributed by atoms with Gasteiger partial charge in [-0.2, -0.15) is 0 Å². The molecule has 6 N–H and O–H groups in total. The Kier molecular flexibility index (Phi) is 7.32. The zero-order valence-corrected chi connectivity index (χ0v) is 18.4. The number of primary amides is 1. The lowest BCUT2D eigenvalue weighted by Gasteiger charge is -2.35. The molecular weight excluding hydrogens is 372 g/mol. The van der Waals surface area contributed by atoms with E-state index in [-0.39, 0.29) is 23.7 Å². The molecule has 0 aromatic carbocycles. The van der Waals surface area contributed by atoms with Crippen molar-refractivity contribution in [2.45, 2.75) is 84.5 Å². The van der Waals surface area contributed by atoms with Crippen molar-refractivity contribution in [3.05, 3.63) is 0 Å². The highest BCUT2D eigenvalue weighted by molar-refractivity contribution is 5.91. The van der Waals surface area contributed by atoms with Gasteiger partial charge < -0.3 is 26.8 Å². The molecular formula is C21H38N4O4. The number of nitrogens with two attached hydrogens (primary N) is 2. The molecule has 1 heterocycles. The molecule has 2 unspecified atom stereocenters. The van der Waals surface area contributed by atoms with Crippen LogP contribution in [-0.2, 0) is 14.4 Å². The number of carbonyl (C=O) groups is 3. The van der Waals surface area contributed by atoms with Crippen LogP contribution >= 0.6 is 0 Å². The third kappa shape index (κ3) is 5.69. The zero-order chi connectivity index (χ0) is 22.1. The first-order chi connectivity index (χ1) is 13.3. The molecule has 1 aliphatic carbocycles. The summed E-state index contributed by atoms with van der Waals surface area (Å²) in [5.41, 5.74) is 11.1. The van der Waals surface area contributed by atoms with Crippen molar-refractivity contribution >= 4 is 17.7 Å². The van der Waals surface area contributed by atoms with Crippen molar-refractivity contribution in [3.8, 4) is 0 Å². The number of hydrogen-bond acceptors (Lipinski definition) is 5. The van der Waals surface area contributed by atoms with E-state index < -0.39 is 35.6 Å². The van der Waals surface area contributed by atoms with Gasteiger partial charge in [-0.1, -0.05) is 47.5 Å². The number of amides is 3. The predicted octanol–water partition coefficient (Wildman–Crippen LogP) is 0.364. The summed E-state index contributed by atoms with van der Waals surface area (Å²) >= 11 is 0. The molecule has 2 rings (SSSR count). The Bertz CT molecular complexity index is 627. The Hall–Kier alpha value is -1.67. The zero-order valence-electron chi connectivity index (χ0n) is 18.4. The Morgan fingerprint density at radius 3 is 2.21 bits per heavy atom. The van der Waals surface area contributed by atoms with Gasteiger partial charge in [0.15, 0.2) is 6.10 Å². The SMILES string of the molecule is CC(C)[C@H]1CCN(C(=O)[C@@H](N)C(C)(C)C)[C@@H]1C(=O)NC(CC1CC1)C(O)C(N)=O. The molecule has 1 aliphatic heterocycles. The first-order valence-corrected chi connectivity index (χ1v) is 10.7. The van der Waals surface area contributed by atoms with Gasteiger partial charge in [-0.3, -0.25) is 14.4 Å². The van der Waals surface area contributed by atoms with Crippen molar-refractivity contribution in [1.82, 2.24) is 10.2 Å². The first kappa shape index (κ1) is 23.6. The Labute approximate surface area is 173 Å². The van der Waals surface area contributed by atoms with Crippen LogP contribution < -0.4 is 16.8 Å². The summed E-state index contributed by atoms with van der Waals surface area (Å²) in [4.78, 5) is 39.5. The predicted molar refractivity (Wildman–Crippen MR) is 110 cm³/mol. The number of likely N-dealkylation sites (tertiary alicyclic amines) is 1. The monoisotopic (exact) mass is 410 g/mol. The summed E-state index contributed by atoms with van der Waals surface area (Å²) in [6.07, 6.45) is 1.80. The van der Waals surface area contributed by atoms with E-state index >= 15 is 0 Å². The van der Waals surface area contributed by atoms with Crippen LogP contribution in [0, 0.1) is 23.2 Å². The first-order valence-electron chi connectivity index (χ1n) is 10.7. The lowest BCUT2D eigenvalue weighted by atomic mass is 9.85. The van der Waals surface area contributed by atoms with Gasteiger partial charge in [0.2, 0.25) is 17.7 Å². The van der Waals surface area contributed by atoms with Gasteiger partial charge in [0.25, 0.3) is 0 Å². The standard InChI is InChI=1S/C21H38N4O4/c1-11(2)13-8-9-25(20(29)17(22)21(3,4)5)15(13)19(28)24-14(10-12-6-7-12)16(26)18(23)27/h11-17,26H,6-10,22H2,1-5H3,(H2,23,27)(H,24,28)/t13-,14?,15+,16?,17-/m1/s1. The summed E-state index contributed by atoms with van der Waals surface area (Å²) in [6.45, 7) is 10.2. The largest absolute Gasteiger partial charge is 0.381 e. The fourth-order valence-corrected chi connectivity index (χ4v) is 4.09. The second-order valence-electron chi connectivity index (χ2n) is 10.2. The van der Waals surface area contributed by atoms with Gasteiger partial charge >= 0.3 is 0 Å². The molecule has 2 fully saturated rings. The molecule has 0 aromatic heterocycles. The van der Waals surface area contributed by atoms with E-state index in [1.54, 1.807) is 4.90 Å². The average Bonchev–Trinajstić information content (AvgIpc) is 3.31. The van der Waals surface area contributed by atoms with Crippen molar-refractivity contribution in [2.24, 2.45) is 34.6 Å². The van der Waals surface area contributed by atoms with Gasteiger partial charge in [0.05, 0.1) is 12.1 Å². The normalized spacial score (nSPS) is 25.6. The third-order valence-corrected chi connectivity index (χ3v) is 6.34. The van der Waals surface area contributed by atoms with E-state index in [4.69, 9.17) is 11.5 Å². The summed E-state index contributed by atoms with van der Waals surface area (Å²) in [7, 11) is 0. The molecule has 0 bridgehead atoms.